The maximum Gasteiger partial charge on any atom is 0.306 e. The normalized spacial score (nSPS) is 12.5. The van der Waals surface area contributed by atoms with Crippen molar-refractivity contribution in [2.45, 2.75) is 232 Å². The molecule has 4 nitrogen and oxygen atoms in total. The maximum atomic E-state index is 12.2. The van der Waals surface area contributed by atoms with E-state index in [0.717, 1.165) is 25.7 Å². The molecule has 4 heteroatoms. The molecule has 0 bridgehead atoms. The number of rotatable bonds is 40. The highest BCUT2D eigenvalue weighted by atomic mass is 16.6. The van der Waals surface area contributed by atoms with Crippen LogP contribution in [0.3, 0.4) is 0 Å². The van der Waals surface area contributed by atoms with Crippen molar-refractivity contribution < 1.29 is 19.4 Å². The molecule has 0 radical (unpaired) electrons. The molecule has 0 aromatic heterocycles. The number of hydrogen-bond acceptors (Lipinski definition) is 4. The predicted octanol–water partition coefficient (Wildman–Crippen LogP) is 13.9. The largest absolute Gasteiger partial charge is 0.457 e. The summed E-state index contributed by atoms with van der Waals surface area (Å²) in [4.78, 5) is 12.2. The van der Waals surface area contributed by atoms with Crippen molar-refractivity contribution in [3.05, 3.63) is 24.3 Å². The summed E-state index contributed by atoms with van der Waals surface area (Å²) in [7, 11) is 0. The van der Waals surface area contributed by atoms with E-state index in [-0.39, 0.29) is 12.6 Å². The molecule has 0 fully saturated rings. The zero-order valence-electron chi connectivity index (χ0n) is 32.5. The van der Waals surface area contributed by atoms with Crippen LogP contribution in [0.25, 0.3) is 0 Å². The predicted molar refractivity (Wildman–Crippen MR) is 210 cm³/mol. The van der Waals surface area contributed by atoms with E-state index in [9.17, 15) is 9.90 Å². The Balaban J connectivity index is 3.40. The first kappa shape index (κ1) is 46.9. The molecular formula is C44H84O4. The summed E-state index contributed by atoms with van der Waals surface area (Å²) in [6.45, 7) is 5.34. The molecule has 0 aliphatic heterocycles. The lowest BCUT2D eigenvalue weighted by Gasteiger charge is -2.16. The molecule has 0 saturated carbocycles. The highest BCUT2D eigenvalue weighted by Gasteiger charge is 2.13. The van der Waals surface area contributed by atoms with E-state index >= 15 is 0 Å². The molecule has 1 atom stereocenters. The van der Waals surface area contributed by atoms with Gasteiger partial charge in [-0.2, -0.15) is 0 Å². The van der Waals surface area contributed by atoms with Crippen LogP contribution in [0.1, 0.15) is 226 Å². The fourth-order valence-corrected chi connectivity index (χ4v) is 6.30. The van der Waals surface area contributed by atoms with E-state index in [4.69, 9.17) is 9.47 Å². The summed E-state index contributed by atoms with van der Waals surface area (Å²) < 4.78 is 11.2. The quantitative estimate of drug-likeness (QED) is 0.0399. The number of carbonyl (C=O) groups is 1. The van der Waals surface area contributed by atoms with Gasteiger partial charge in [0.05, 0.1) is 13.2 Å². The fraction of sp³-hybridized carbons (Fsp3) is 0.886. The van der Waals surface area contributed by atoms with Gasteiger partial charge in [-0.05, 0) is 44.9 Å². The third-order valence-corrected chi connectivity index (χ3v) is 9.53. The van der Waals surface area contributed by atoms with Crippen LogP contribution >= 0.6 is 0 Å². The molecule has 0 aliphatic carbocycles. The lowest BCUT2D eigenvalue weighted by molar-refractivity contribution is -0.154. The van der Waals surface area contributed by atoms with Gasteiger partial charge in [0.15, 0.2) is 0 Å². The maximum absolute atomic E-state index is 12.2. The van der Waals surface area contributed by atoms with Crippen LogP contribution in [0, 0.1) is 0 Å². The van der Waals surface area contributed by atoms with Crippen molar-refractivity contribution in [2.75, 3.05) is 19.8 Å². The minimum Gasteiger partial charge on any atom is -0.457 e. The molecule has 0 saturated heterocycles. The summed E-state index contributed by atoms with van der Waals surface area (Å²) in [6.07, 6.45) is 50.9. The second-order valence-electron chi connectivity index (χ2n) is 14.4. The number of hydrogen-bond donors (Lipinski definition) is 1. The van der Waals surface area contributed by atoms with Gasteiger partial charge < -0.3 is 14.6 Å². The van der Waals surface area contributed by atoms with Crippen LogP contribution in [-0.4, -0.2) is 37.0 Å². The fourth-order valence-electron chi connectivity index (χ4n) is 6.30. The average Bonchev–Trinajstić information content (AvgIpc) is 3.09. The van der Waals surface area contributed by atoms with Gasteiger partial charge in [-0.15, -0.1) is 0 Å². The van der Waals surface area contributed by atoms with Gasteiger partial charge in [-0.25, -0.2) is 0 Å². The highest BCUT2D eigenvalue weighted by molar-refractivity contribution is 5.69. The number of aliphatic hydroxyl groups excluding tert-OH is 1. The molecule has 48 heavy (non-hydrogen) atoms. The van der Waals surface area contributed by atoms with E-state index in [1.54, 1.807) is 0 Å². The molecule has 0 rings (SSSR count). The van der Waals surface area contributed by atoms with Gasteiger partial charge in [0, 0.05) is 13.0 Å². The smallest absolute Gasteiger partial charge is 0.306 e. The van der Waals surface area contributed by atoms with Crippen molar-refractivity contribution in [1.29, 1.82) is 0 Å². The summed E-state index contributed by atoms with van der Waals surface area (Å²) in [6, 6.07) is 0. The Labute approximate surface area is 300 Å². The summed E-state index contributed by atoms with van der Waals surface area (Å²) in [5.41, 5.74) is 0. The van der Waals surface area contributed by atoms with Crippen molar-refractivity contribution >= 4 is 5.97 Å². The van der Waals surface area contributed by atoms with Crippen LogP contribution in [-0.2, 0) is 14.3 Å². The van der Waals surface area contributed by atoms with Gasteiger partial charge in [0.25, 0.3) is 0 Å². The van der Waals surface area contributed by atoms with Gasteiger partial charge in [0.1, 0.15) is 6.10 Å². The first-order valence-electron chi connectivity index (χ1n) is 21.4. The van der Waals surface area contributed by atoms with Crippen LogP contribution < -0.4 is 0 Å². The molecule has 0 aliphatic rings. The van der Waals surface area contributed by atoms with Gasteiger partial charge in [0.2, 0.25) is 0 Å². The highest BCUT2D eigenvalue weighted by Crippen LogP contribution is 2.15. The Kier molecular flexibility index (Phi) is 41.0. The molecule has 284 valence electrons. The standard InChI is InChI=1S/C44H84O4/c1-3-5-7-9-11-13-15-17-19-21-23-25-27-29-31-33-35-37-39-44(46)48-43(41-45)42-47-40-38-36-34-32-30-28-26-24-22-20-18-16-14-12-10-8-6-4-2/h12,14,18,20,43,45H,3-11,13,15-17,19,21-42H2,1-2H3/b14-12-,20-18-. The van der Waals surface area contributed by atoms with Crippen LogP contribution in [0.15, 0.2) is 24.3 Å². The number of esters is 1. The first-order chi connectivity index (χ1) is 23.7. The van der Waals surface area contributed by atoms with Crippen molar-refractivity contribution in [1.82, 2.24) is 0 Å². The number of unbranched alkanes of at least 4 members (excludes halogenated alkanes) is 28. The van der Waals surface area contributed by atoms with Crippen molar-refractivity contribution in [2.24, 2.45) is 0 Å². The van der Waals surface area contributed by atoms with E-state index in [2.05, 4.69) is 38.2 Å². The van der Waals surface area contributed by atoms with Crippen LogP contribution in [0.5, 0.6) is 0 Å². The summed E-state index contributed by atoms with van der Waals surface area (Å²) in [5, 5.41) is 9.60. The molecule has 0 spiro atoms. The molecular weight excluding hydrogens is 592 g/mol. The lowest BCUT2D eigenvalue weighted by atomic mass is 10.0. The first-order valence-corrected chi connectivity index (χ1v) is 21.4. The van der Waals surface area contributed by atoms with E-state index in [0.29, 0.717) is 19.6 Å². The Morgan fingerprint density at radius 1 is 0.500 bits per heavy atom. The SMILES string of the molecule is CCCCC/C=C\C/C=C\CCCCCCCCCCOCC(CO)OC(=O)CCCCCCCCCCCCCCCCCCCC. The zero-order chi connectivity index (χ0) is 34.9. The average molecular weight is 677 g/mol. The van der Waals surface area contributed by atoms with Crippen molar-refractivity contribution in [3.8, 4) is 0 Å². The minimum atomic E-state index is -0.532. The topological polar surface area (TPSA) is 55.8 Å². The minimum absolute atomic E-state index is 0.170. The molecule has 1 unspecified atom stereocenters. The molecule has 0 aromatic rings. The van der Waals surface area contributed by atoms with Crippen LogP contribution in [0.2, 0.25) is 0 Å². The number of aliphatic hydroxyl groups is 1. The molecule has 0 heterocycles. The Morgan fingerprint density at radius 3 is 1.33 bits per heavy atom. The summed E-state index contributed by atoms with van der Waals surface area (Å²) in [5.74, 6) is -0.199. The third-order valence-electron chi connectivity index (χ3n) is 9.53. The molecule has 0 amide bonds. The number of carbonyl (C=O) groups excluding carboxylic acids is 1. The van der Waals surface area contributed by atoms with Gasteiger partial charge in [-0.1, -0.05) is 199 Å². The number of allylic oxidation sites excluding steroid dienone is 4. The zero-order valence-corrected chi connectivity index (χ0v) is 32.5. The summed E-state index contributed by atoms with van der Waals surface area (Å²) >= 11 is 0. The second-order valence-corrected chi connectivity index (χ2v) is 14.4. The molecule has 0 aromatic carbocycles. The second kappa shape index (κ2) is 42.0. The lowest BCUT2D eigenvalue weighted by Crippen LogP contribution is -2.27. The third kappa shape index (κ3) is 39.3. The van der Waals surface area contributed by atoms with Gasteiger partial charge >= 0.3 is 5.97 Å². The van der Waals surface area contributed by atoms with E-state index in [1.165, 1.54) is 180 Å². The van der Waals surface area contributed by atoms with Gasteiger partial charge in [-0.3, -0.25) is 4.79 Å². The Hall–Kier alpha value is -1.13. The Bertz CT molecular complexity index is 673. The Morgan fingerprint density at radius 2 is 0.875 bits per heavy atom. The molecule has 1 N–H and O–H groups in total. The van der Waals surface area contributed by atoms with Crippen molar-refractivity contribution in [3.63, 3.8) is 0 Å². The monoisotopic (exact) mass is 677 g/mol. The van der Waals surface area contributed by atoms with E-state index in [1.807, 2.05) is 0 Å². The number of ether oxygens (including phenoxy) is 2. The van der Waals surface area contributed by atoms with Crippen LogP contribution in [0.4, 0.5) is 0 Å². The van der Waals surface area contributed by atoms with E-state index < -0.39 is 6.10 Å².